The van der Waals surface area contributed by atoms with E-state index in [0.717, 1.165) is 12.0 Å². The largest absolute Gasteiger partial charge is 0.468 e. The normalized spacial score (nSPS) is 54.6. The second-order valence-electron chi connectivity index (χ2n) is 23.5. The van der Waals surface area contributed by atoms with Crippen LogP contribution in [0.15, 0.2) is 11.6 Å². The van der Waals surface area contributed by atoms with E-state index in [4.69, 9.17) is 37.9 Å². The molecule has 0 spiro atoms. The summed E-state index contributed by atoms with van der Waals surface area (Å²) in [7, 11) is 3.12. The minimum absolute atomic E-state index is 0.0754. The maximum Gasteiger partial charge on any atom is 0.315 e. The molecule has 5 aliphatic carbocycles. The molecule has 0 amide bonds. The predicted octanol–water partition coefficient (Wildman–Crippen LogP) is 0.0294. The molecular formula is C49H80O19. The molecule has 3 heterocycles. The van der Waals surface area contributed by atoms with Crippen molar-refractivity contribution >= 4 is 5.97 Å². The Balaban J connectivity index is 1.10. The van der Waals surface area contributed by atoms with E-state index in [9.17, 15) is 55.9 Å². The Labute approximate surface area is 399 Å². The molecule has 0 bridgehead atoms. The lowest BCUT2D eigenvalue weighted by Crippen LogP contribution is -2.71. The van der Waals surface area contributed by atoms with E-state index in [-0.39, 0.29) is 41.8 Å². The first-order valence-electron chi connectivity index (χ1n) is 24.7. The quantitative estimate of drug-likeness (QED) is 0.0785. The molecule has 10 N–H and O–H groups in total. The SMILES string of the molecule is COC(=O)[C@]12CCC(C)(C)C[C@H]1C1=C[C@@H](OC)[C@@H]3[C@@]4(C)CC[C@@H](O[C@@H]5O[C@H](CO)[C@@H](O)[C@H](O)[C@H]5O[C@@H]5O[C@@H](C)[C@H](O)[C@@H](O)[C@H]5O[C@@H]5OC[C@@H](O)[C@H](O)[C@H]5O)[C@@](C)(CO)[C@@H]4CC[C@@]3(C)[C@]1(C)C[C@H]2O. The molecule has 25 atom stereocenters. The fraction of sp³-hybridized carbons (Fsp3) is 0.939. The Bertz CT molecular complexity index is 1850. The fourth-order valence-electron chi connectivity index (χ4n) is 15.3. The van der Waals surface area contributed by atoms with Crippen molar-refractivity contribution in [3.63, 3.8) is 0 Å². The zero-order chi connectivity index (χ0) is 49.8. The van der Waals surface area contributed by atoms with Gasteiger partial charge in [-0.3, -0.25) is 4.79 Å². The summed E-state index contributed by atoms with van der Waals surface area (Å²) in [5.74, 6) is -0.907. The molecule has 0 radical (unpaired) electrons. The molecule has 19 nitrogen and oxygen atoms in total. The molecule has 0 aromatic rings. The highest BCUT2D eigenvalue weighted by Gasteiger charge is 2.74. The summed E-state index contributed by atoms with van der Waals surface area (Å²) in [6, 6.07) is 0. The predicted molar refractivity (Wildman–Crippen MR) is 237 cm³/mol. The van der Waals surface area contributed by atoms with Gasteiger partial charge in [-0.15, -0.1) is 0 Å². The van der Waals surface area contributed by atoms with Crippen molar-refractivity contribution in [1.82, 2.24) is 0 Å². The van der Waals surface area contributed by atoms with E-state index in [1.165, 1.54) is 14.0 Å². The monoisotopic (exact) mass is 973 g/mol. The Morgan fingerprint density at radius 3 is 2.01 bits per heavy atom. The van der Waals surface area contributed by atoms with Gasteiger partial charge in [0.15, 0.2) is 18.9 Å². The number of carbonyl (C=O) groups is 1. The van der Waals surface area contributed by atoms with Crippen molar-refractivity contribution in [2.45, 2.75) is 204 Å². The number of hydrogen-bond donors (Lipinski definition) is 10. The molecular weight excluding hydrogens is 893 g/mol. The number of aliphatic hydroxyl groups is 10. The molecule has 390 valence electrons. The number of fused-ring (bicyclic) bond motifs is 7. The summed E-state index contributed by atoms with van der Waals surface area (Å²) in [4.78, 5) is 13.9. The summed E-state index contributed by atoms with van der Waals surface area (Å²) >= 11 is 0. The zero-order valence-corrected chi connectivity index (χ0v) is 41.0. The van der Waals surface area contributed by atoms with Crippen LogP contribution in [0.4, 0.5) is 0 Å². The van der Waals surface area contributed by atoms with E-state index in [2.05, 4.69) is 40.7 Å². The maximum absolute atomic E-state index is 13.9. The average Bonchev–Trinajstić information content (AvgIpc) is 3.29. The number of methoxy groups -OCH3 is 2. The first kappa shape index (κ1) is 52.8. The highest BCUT2D eigenvalue weighted by Crippen LogP contribution is 2.76. The van der Waals surface area contributed by atoms with Gasteiger partial charge < -0.3 is 89.0 Å². The van der Waals surface area contributed by atoms with Crippen molar-refractivity contribution in [2.24, 2.45) is 50.2 Å². The van der Waals surface area contributed by atoms with Crippen molar-refractivity contribution in [3.8, 4) is 0 Å². The Kier molecular flexibility index (Phi) is 14.6. The van der Waals surface area contributed by atoms with Crippen LogP contribution in [-0.2, 0) is 42.7 Å². The standard InChI is InChI=1S/C49H80O19/c1-22-31(54)34(57)37(67-40-36(59)32(55)25(52)20-63-40)41(64-22)68-38-35(58)33(56)27(19-50)65-42(38)66-30-11-12-45(4)28(46(30,5)21-51)10-13-47(6)39(45)26(61-8)16-23-24-17-44(2,3)14-15-49(24,43(60)62-9)29(53)18-48(23,47)7/h16,22,24-42,50-59H,10-15,17-21H2,1-9H3/t22-,24-,25+,26+,27+,28+,29+,30+,31-,32-,33+,34+,35-,36+,37+,38+,39+,40-,41-,42-,45-,46-,47+,48+,49+/m0/s1. The van der Waals surface area contributed by atoms with Gasteiger partial charge >= 0.3 is 5.97 Å². The zero-order valence-electron chi connectivity index (χ0n) is 41.0. The van der Waals surface area contributed by atoms with Gasteiger partial charge in [0.2, 0.25) is 0 Å². The Morgan fingerprint density at radius 1 is 0.735 bits per heavy atom. The van der Waals surface area contributed by atoms with Gasteiger partial charge in [-0.2, -0.15) is 0 Å². The summed E-state index contributed by atoms with van der Waals surface area (Å²) in [5.41, 5.74) is -2.37. The third-order valence-corrected chi connectivity index (χ3v) is 19.5. The van der Waals surface area contributed by atoms with Crippen LogP contribution < -0.4 is 0 Å². The third kappa shape index (κ3) is 7.99. The topological polar surface area (TPSA) is 293 Å². The van der Waals surface area contributed by atoms with E-state index in [0.29, 0.717) is 44.9 Å². The molecule has 68 heavy (non-hydrogen) atoms. The van der Waals surface area contributed by atoms with E-state index in [1.54, 1.807) is 7.11 Å². The fourth-order valence-corrected chi connectivity index (χ4v) is 15.3. The van der Waals surface area contributed by atoms with Gasteiger partial charge in [0.1, 0.15) is 66.5 Å². The lowest BCUT2D eigenvalue weighted by atomic mass is 9.32. The van der Waals surface area contributed by atoms with Gasteiger partial charge in [-0.1, -0.05) is 53.2 Å². The minimum atomic E-state index is -1.78. The maximum atomic E-state index is 13.9. The first-order valence-corrected chi connectivity index (χ1v) is 24.7. The van der Waals surface area contributed by atoms with Gasteiger partial charge in [-0.25, -0.2) is 0 Å². The molecule has 0 aromatic carbocycles. The van der Waals surface area contributed by atoms with Crippen molar-refractivity contribution in [2.75, 3.05) is 34.0 Å². The molecule has 8 rings (SSSR count). The second-order valence-corrected chi connectivity index (χ2v) is 23.5. The van der Waals surface area contributed by atoms with Crippen LogP contribution in [0.5, 0.6) is 0 Å². The van der Waals surface area contributed by atoms with Gasteiger partial charge in [0.05, 0.1) is 51.3 Å². The molecule has 0 unspecified atom stereocenters. The van der Waals surface area contributed by atoms with Gasteiger partial charge in [-0.05, 0) is 91.8 Å². The van der Waals surface area contributed by atoms with Crippen LogP contribution >= 0.6 is 0 Å². The Morgan fingerprint density at radius 2 is 1.38 bits per heavy atom. The molecule has 0 aromatic heterocycles. The van der Waals surface area contributed by atoms with E-state index >= 15 is 0 Å². The number of hydrogen-bond acceptors (Lipinski definition) is 19. The summed E-state index contributed by atoms with van der Waals surface area (Å²) < 4.78 is 48.7. The summed E-state index contributed by atoms with van der Waals surface area (Å²) in [6.07, 6.45) is -17.0. The molecule has 3 saturated heterocycles. The van der Waals surface area contributed by atoms with Crippen LogP contribution in [0.2, 0.25) is 0 Å². The highest BCUT2D eigenvalue weighted by atomic mass is 16.8. The second kappa shape index (κ2) is 18.8. The number of allylic oxidation sites excluding steroid dienone is 1. The molecule has 4 saturated carbocycles. The summed E-state index contributed by atoms with van der Waals surface area (Å²) in [6.45, 7) is 13.3. The Hall–Kier alpha value is -1.47. The number of carbonyl (C=O) groups excluding carboxylic acids is 1. The van der Waals surface area contributed by atoms with Crippen molar-refractivity contribution in [3.05, 3.63) is 11.6 Å². The van der Waals surface area contributed by atoms with Crippen LogP contribution in [0.1, 0.15) is 99.8 Å². The van der Waals surface area contributed by atoms with Crippen molar-refractivity contribution < 1.29 is 93.8 Å². The van der Waals surface area contributed by atoms with Crippen LogP contribution in [0.3, 0.4) is 0 Å². The smallest absolute Gasteiger partial charge is 0.315 e. The molecule has 3 aliphatic heterocycles. The lowest BCUT2D eigenvalue weighted by molar-refractivity contribution is -0.393. The van der Waals surface area contributed by atoms with E-state index in [1.807, 2.05) is 6.92 Å². The highest BCUT2D eigenvalue weighted by molar-refractivity contribution is 5.79. The molecule has 8 aliphatic rings. The van der Waals surface area contributed by atoms with Crippen LogP contribution in [-0.4, -0.2) is 195 Å². The number of rotatable bonds is 10. The third-order valence-electron chi connectivity index (χ3n) is 19.5. The number of esters is 1. The van der Waals surface area contributed by atoms with Gasteiger partial charge in [0, 0.05) is 18.4 Å². The van der Waals surface area contributed by atoms with Crippen LogP contribution in [0, 0.1) is 50.2 Å². The number of aliphatic hydroxyl groups excluding tert-OH is 10. The van der Waals surface area contributed by atoms with E-state index < -0.39 is 139 Å². The average molecular weight is 973 g/mol. The first-order chi connectivity index (χ1) is 31.8. The van der Waals surface area contributed by atoms with Gasteiger partial charge in [0.25, 0.3) is 0 Å². The number of ether oxygens (including phenoxy) is 8. The lowest BCUT2D eigenvalue weighted by Gasteiger charge is -2.72. The molecule has 19 heteroatoms. The minimum Gasteiger partial charge on any atom is -0.468 e. The summed E-state index contributed by atoms with van der Waals surface area (Å²) in [5, 5.41) is 110. The molecule has 7 fully saturated rings. The van der Waals surface area contributed by atoms with Crippen LogP contribution in [0.25, 0.3) is 0 Å². The van der Waals surface area contributed by atoms with Crippen molar-refractivity contribution in [1.29, 1.82) is 0 Å².